The summed E-state index contributed by atoms with van der Waals surface area (Å²) < 4.78 is 28.0. The van der Waals surface area contributed by atoms with E-state index in [0.29, 0.717) is 0 Å². The Morgan fingerprint density at radius 3 is 2.47 bits per heavy atom. The van der Waals surface area contributed by atoms with Gasteiger partial charge in [0.1, 0.15) is 0 Å². The third-order valence-corrected chi connectivity index (χ3v) is 4.05. The molecule has 0 saturated heterocycles. The number of carboxylic acids is 1. The van der Waals surface area contributed by atoms with E-state index in [-0.39, 0.29) is 27.3 Å². The van der Waals surface area contributed by atoms with Crippen molar-refractivity contribution in [2.45, 2.75) is 18.9 Å². The highest BCUT2D eigenvalue weighted by molar-refractivity contribution is 7.90. The van der Waals surface area contributed by atoms with Crippen LogP contribution in [0.2, 0.25) is 10.0 Å². The molecule has 1 aromatic carbocycles. The van der Waals surface area contributed by atoms with Crippen LogP contribution in [0.25, 0.3) is 0 Å². The molecule has 2 rings (SSSR count). The summed E-state index contributed by atoms with van der Waals surface area (Å²) in [6.07, 6.45) is 1.53. The summed E-state index contributed by atoms with van der Waals surface area (Å²) in [7, 11) is -3.85. The molecule has 1 fully saturated rings. The fourth-order valence-corrected chi connectivity index (χ4v) is 3.25. The van der Waals surface area contributed by atoms with E-state index in [1.54, 1.807) is 0 Å². The maximum Gasteiger partial charge on any atom is 0.337 e. The molecule has 19 heavy (non-hydrogen) atoms. The predicted molar refractivity (Wildman–Crippen MR) is 72.1 cm³/mol. The molecule has 0 bridgehead atoms. The molecule has 0 atom stereocenters. The Bertz CT molecular complexity index is 629. The Labute approximate surface area is 119 Å². The molecule has 9 heteroatoms. The van der Waals surface area contributed by atoms with Crippen molar-refractivity contribution < 1.29 is 18.3 Å². The van der Waals surface area contributed by atoms with Crippen LogP contribution in [0.5, 0.6) is 0 Å². The van der Waals surface area contributed by atoms with Gasteiger partial charge in [0.2, 0.25) is 0 Å². The van der Waals surface area contributed by atoms with Gasteiger partial charge in [0, 0.05) is 11.1 Å². The number of hydrogen-bond acceptors (Lipinski definition) is 3. The van der Waals surface area contributed by atoms with E-state index in [0.717, 1.165) is 18.9 Å². The summed E-state index contributed by atoms with van der Waals surface area (Å²) in [6, 6.07) is 2.30. The molecular formula is C10H10Cl2N2O4S. The second-order valence-corrected chi connectivity index (χ2v) is 6.40. The summed E-state index contributed by atoms with van der Waals surface area (Å²) in [5, 5.41) is 9.07. The number of carboxylic acid groups (broad SMARTS) is 1. The second kappa shape index (κ2) is 5.16. The van der Waals surface area contributed by atoms with Crippen molar-refractivity contribution in [2.24, 2.45) is 0 Å². The molecule has 0 heterocycles. The molecule has 0 aromatic heterocycles. The SMILES string of the molecule is O=C(O)c1cc(Cl)cc(Cl)c1NS(=O)(=O)NC1CC1. The van der Waals surface area contributed by atoms with Crippen molar-refractivity contribution in [2.75, 3.05) is 4.72 Å². The van der Waals surface area contributed by atoms with Crippen molar-refractivity contribution in [1.82, 2.24) is 4.72 Å². The smallest absolute Gasteiger partial charge is 0.337 e. The van der Waals surface area contributed by atoms with E-state index in [1.165, 1.54) is 6.07 Å². The number of aromatic carboxylic acids is 1. The maximum atomic E-state index is 11.8. The first-order chi connectivity index (χ1) is 8.78. The van der Waals surface area contributed by atoms with Gasteiger partial charge in [-0.3, -0.25) is 4.72 Å². The summed E-state index contributed by atoms with van der Waals surface area (Å²) in [4.78, 5) is 11.1. The van der Waals surface area contributed by atoms with Crippen LogP contribution in [-0.4, -0.2) is 25.5 Å². The highest BCUT2D eigenvalue weighted by atomic mass is 35.5. The van der Waals surface area contributed by atoms with Gasteiger partial charge in [-0.25, -0.2) is 4.79 Å². The maximum absolute atomic E-state index is 11.8. The normalized spacial score (nSPS) is 15.3. The average molecular weight is 325 g/mol. The van der Waals surface area contributed by atoms with Crippen LogP contribution in [0.1, 0.15) is 23.2 Å². The van der Waals surface area contributed by atoms with Gasteiger partial charge in [-0.1, -0.05) is 23.2 Å². The Morgan fingerprint density at radius 2 is 1.95 bits per heavy atom. The van der Waals surface area contributed by atoms with Crippen LogP contribution in [0, 0.1) is 0 Å². The molecule has 1 saturated carbocycles. The van der Waals surface area contributed by atoms with Crippen molar-refractivity contribution >= 4 is 45.1 Å². The largest absolute Gasteiger partial charge is 0.478 e. The molecule has 1 aliphatic rings. The van der Waals surface area contributed by atoms with Gasteiger partial charge in [0.15, 0.2) is 0 Å². The fourth-order valence-electron chi connectivity index (χ4n) is 1.43. The van der Waals surface area contributed by atoms with Crippen LogP contribution in [0.3, 0.4) is 0 Å². The lowest BCUT2D eigenvalue weighted by Gasteiger charge is -2.13. The van der Waals surface area contributed by atoms with E-state index < -0.39 is 16.2 Å². The van der Waals surface area contributed by atoms with E-state index in [1.807, 2.05) is 0 Å². The van der Waals surface area contributed by atoms with Gasteiger partial charge in [-0.2, -0.15) is 13.1 Å². The van der Waals surface area contributed by atoms with Gasteiger partial charge in [-0.15, -0.1) is 0 Å². The lowest BCUT2D eigenvalue weighted by atomic mass is 10.2. The zero-order valence-electron chi connectivity index (χ0n) is 9.48. The van der Waals surface area contributed by atoms with Crippen molar-refractivity contribution in [1.29, 1.82) is 0 Å². The van der Waals surface area contributed by atoms with Crippen molar-refractivity contribution in [3.63, 3.8) is 0 Å². The van der Waals surface area contributed by atoms with E-state index in [4.69, 9.17) is 28.3 Å². The second-order valence-electron chi connectivity index (χ2n) is 4.11. The number of halogens is 2. The van der Waals surface area contributed by atoms with Crippen LogP contribution in [0.15, 0.2) is 12.1 Å². The van der Waals surface area contributed by atoms with E-state index >= 15 is 0 Å². The first-order valence-corrected chi connectivity index (χ1v) is 7.55. The highest BCUT2D eigenvalue weighted by Crippen LogP contribution is 2.31. The van der Waals surface area contributed by atoms with Crippen LogP contribution in [-0.2, 0) is 10.2 Å². The topological polar surface area (TPSA) is 95.5 Å². The Hall–Kier alpha value is -1.02. The summed E-state index contributed by atoms with van der Waals surface area (Å²) in [5.41, 5.74) is -0.509. The molecule has 0 radical (unpaired) electrons. The van der Waals surface area contributed by atoms with Crippen LogP contribution >= 0.6 is 23.2 Å². The number of benzene rings is 1. The van der Waals surface area contributed by atoms with Gasteiger partial charge in [-0.05, 0) is 25.0 Å². The zero-order chi connectivity index (χ0) is 14.2. The first kappa shape index (κ1) is 14.4. The first-order valence-electron chi connectivity index (χ1n) is 5.31. The van der Waals surface area contributed by atoms with Crippen molar-refractivity contribution in [3.8, 4) is 0 Å². The molecule has 104 valence electrons. The summed E-state index contributed by atoms with van der Waals surface area (Å²) >= 11 is 11.5. The Kier molecular flexibility index (Phi) is 3.91. The molecule has 0 amide bonds. The fraction of sp³-hybridized carbons (Fsp3) is 0.300. The Balaban J connectivity index is 2.35. The summed E-state index contributed by atoms with van der Waals surface area (Å²) in [5.74, 6) is -1.33. The van der Waals surface area contributed by atoms with Gasteiger partial charge >= 0.3 is 5.97 Å². The number of hydrogen-bond donors (Lipinski definition) is 3. The van der Waals surface area contributed by atoms with E-state index in [9.17, 15) is 13.2 Å². The lowest BCUT2D eigenvalue weighted by Crippen LogP contribution is -2.32. The molecule has 1 aliphatic carbocycles. The molecular weight excluding hydrogens is 315 g/mol. The Morgan fingerprint density at radius 1 is 1.32 bits per heavy atom. The zero-order valence-corrected chi connectivity index (χ0v) is 11.8. The van der Waals surface area contributed by atoms with Gasteiger partial charge in [0.25, 0.3) is 10.2 Å². The molecule has 3 N–H and O–H groups in total. The third kappa shape index (κ3) is 3.73. The number of nitrogens with one attached hydrogen (secondary N) is 2. The molecule has 0 unspecified atom stereocenters. The third-order valence-electron chi connectivity index (χ3n) is 2.42. The number of anilines is 1. The minimum absolute atomic E-state index is 0.0777. The van der Waals surface area contributed by atoms with Crippen molar-refractivity contribution in [3.05, 3.63) is 27.7 Å². The molecule has 1 aromatic rings. The lowest BCUT2D eigenvalue weighted by molar-refractivity contribution is 0.0698. The minimum Gasteiger partial charge on any atom is -0.478 e. The minimum atomic E-state index is -3.85. The monoisotopic (exact) mass is 324 g/mol. The van der Waals surface area contributed by atoms with Crippen LogP contribution in [0.4, 0.5) is 5.69 Å². The molecule has 0 spiro atoms. The van der Waals surface area contributed by atoms with Gasteiger partial charge in [0.05, 0.1) is 16.3 Å². The highest BCUT2D eigenvalue weighted by Gasteiger charge is 2.28. The molecule has 6 nitrogen and oxygen atoms in total. The summed E-state index contributed by atoms with van der Waals surface area (Å²) in [6.45, 7) is 0. The molecule has 0 aliphatic heterocycles. The van der Waals surface area contributed by atoms with E-state index in [2.05, 4.69) is 9.44 Å². The van der Waals surface area contributed by atoms with Gasteiger partial charge < -0.3 is 5.11 Å². The average Bonchev–Trinajstić information content (AvgIpc) is 3.04. The number of rotatable bonds is 5. The predicted octanol–water partition coefficient (Wildman–Crippen LogP) is 2.10. The quantitative estimate of drug-likeness (QED) is 0.772. The number of carbonyl (C=O) groups is 1. The van der Waals surface area contributed by atoms with Crippen LogP contribution < -0.4 is 9.44 Å². The standard InChI is InChI=1S/C10H10Cl2N2O4S/c11-5-3-7(10(15)16)9(8(12)4-5)14-19(17,18)13-6-1-2-6/h3-4,6,13-14H,1-2H2,(H,15,16).